The molecule has 0 atom stereocenters. The number of hydrogen-bond acceptors (Lipinski definition) is 3. The fourth-order valence-electron chi connectivity index (χ4n) is 2.33. The van der Waals surface area contributed by atoms with E-state index in [1.807, 2.05) is 12.3 Å². The summed E-state index contributed by atoms with van der Waals surface area (Å²) in [5, 5.41) is 8.01. The maximum atomic E-state index is 5.88. The highest BCUT2D eigenvalue weighted by Crippen LogP contribution is 2.30. The van der Waals surface area contributed by atoms with Gasteiger partial charge >= 0.3 is 0 Å². The van der Waals surface area contributed by atoms with E-state index in [0.29, 0.717) is 6.54 Å². The molecular weight excluding hydrogens is 248 g/mol. The van der Waals surface area contributed by atoms with Gasteiger partial charge in [-0.2, -0.15) is 5.10 Å². The number of nitrogens with one attached hydrogen (secondary N) is 1. The van der Waals surface area contributed by atoms with E-state index in [1.54, 1.807) is 6.20 Å². The van der Waals surface area contributed by atoms with E-state index in [0.717, 1.165) is 22.2 Å². The molecule has 4 nitrogen and oxygen atoms in total. The van der Waals surface area contributed by atoms with Gasteiger partial charge in [0.05, 0.1) is 6.20 Å². The lowest BCUT2D eigenvalue weighted by Crippen LogP contribution is -2.27. The molecule has 2 heterocycles. The van der Waals surface area contributed by atoms with Gasteiger partial charge in [0.1, 0.15) is 0 Å². The van der Waals surface area contributed by atoms with Crippen LogP contribution in [0.5, 0.6) is 0 Å². The van der Waals surface area contributed by atoms with Crippen LogP contribution in [0.3, 0.4) is 0 Å². The highest BCUT2D eigenvalue weighted by Gasteiger charge is 2.19. The molecule has 20 heavy (non-hydrogen) atoms. The van der Waals surface area contributed by atoms with Gasteiger partial charge in [0.2, 0.25) is 0 Å². The second-order valence-corrected chi connectivity index (χ2v) is 5.66. The van der Waals surface area contributed by atoms with Gasteiger partial charge in [-0.25, -0.2) is 4.98 Å². The SMILES string of the molecule is CC(C)(CN)c1cccc(-c2ccnc3[nH]ncc23)c1. The van der Waals surface area contributed by atoms with E-state index in [9.17, 15) is 0 Å². The molecule has 3 aromatic rings. The molecule has 0 saturated heterocycles. The number of pyridine rings is 1. The highest BCUT2D eigenvalue weighted by molar-refractivity contribution is 5.92. The normalized spacial score (nSPS) is 11.9. The Labute approximate surface area is 118 Å². The Balaban J connectivity index is 2.16. The van der Waals surface area contributed by atoms with Crippen molar-refractivity contribution >= 4 is 11.0 Å². The van der Waals surface area contributed by atoms with E-state index in [1.165, 1.54) is 5.56 Å². The van der Waals surface area contributed by atoms with E-state index in [4.69, 9.17) is 5.73 Å². The molecular formula is C16H18N4. The van der Waals surface area contributed by atoms with Crippen molar-refractivity contribution in [2.45, 2.75) is 19.3 Å². The molecule has 0 aliphatic heterocycles. The summed E-state index contributed by atoms with van der Waals surface area (Å²) in [6.45, 7) is 4.94. The molecule has 2 aromatic heterocycles. The molecule has 0 aliphatic rings. The van der Waals surface area contributed by atoms with Crippen LogP contribution in [0.1, 0.15) is 19.4 Å². The van der Waals surface area contributed by atoms with Crippen molar-refractivity contribution < 1.29 is 0 Å². The standard InChI is InChI=1S/C16H18N4/c1-16(2,10-17)12-5-3-4-11(8-12)13-6-7-18-15-14(13)9-19-20-15/h3-9H,10,17H2,1-2H3,(H,18,19,20). The molecule has 0 amide bonds. The van der Waals surface area contributed by atoms with Crippen molar-refractivity contribution in [1.82, 2.24) is 15.2 Å². The molecule has 4 heteroatoms. The van der Waals surface area contributed by atoms with Gasteiger partial charge in [0.25, 0.3) is 0 Å². The number of aromatic nitrogens is 3. The molecule has 0 radical (unpaired) electrons. The molecule has 0 bridgehead atoms. The van der Waals surface area contributed by atoms with Crippen molar-refractivity contribution in [2.75, 3.05) is 6.54 Å². The first-order chi connectivity index (χ1) is 9.62. The van der Waals surface area contributed by atoms with Gasteiger partial charge in [-0.15, -0.1) is 0 Å². The Bertz CT molecular complexity index is 743. The van der Waals surface area contributed by atoms with Crippen molar-refractivity contribution in [3.63, 3.8) is 0 Å². The summed E-state index contributed by atoms with van der Waals surface area (Å²) in [6.07, 6.45) is 3.62. The van der Waals surface area contributed by atoms with Crippen LogP contribution in [0, 0.1) is 0 Å². The molecule has 0 saturated carbocycles. The number of H-pyrrole nitrogens is 1. The molecule has 0 fully saturated rings. The van der Waals surface area contributed by atoms with Crippen LogP contribution < -0.4 is 5.73 Å². The quantitative estimate of drug-likeness (QED) is 0.766. The Morgan fingerprint density at radius 3 is 2.90 bits per heavy atom. The highest BCUT2D eigenvalue weighted by atomic mass is 15.1. The third-order valence-corrected chi connectivity index (χ3v) is 3.82. The number of nitrogens with two attached hydrogens (primary N) is 1. The average molecular weight is 266 g/mol. The summed E-state index contributed by atoms with van der Waals surface area (Å²) in [5.74, 6) is 0. The number of aromatic amines is 1. The third-order valence-electron chi connectivity index (χ3n) is 3.82. The predicted octanol–water partition coefficient (Wildman–Crippen LogP) is 2.86. The first kappa shape index (κ1) is 12.8. The zero-order valence-corrected chi connectivity index (χ0v) is 11.7. The number of nitrogens with zero attached hydrogens (tertiary/aromatic N) is 2. The number of hydrogen-bond donors (Lipinski definition) is 2. The van der Waals surface area contributed by atoms with Gasteiger partial charge in [0.15, 0.2) is 5.65 Å². The monoisotopic (exact) mass is 266 g/mol. The molecule has 0 unspecified atom stereocenters. The minimum atomic E-state index is -0.0292. The van der Waals surface area contributed by atoms with Crippen LogP contribution in [-0.4, -0.2) is 21.7 Å². The summed E-state index contributed by atoms with van der Waals surface area (Å²) >= 11 is 0. The topological polar surface area (TPSA) is 67.6 Å². The smallest absolute Gasteiger partial charge is 0.155 e. The van der Waals surface area contributed by atoms with Crippen LogP contribution in [0.25, 0.3) is 22.2 Å². The van der Waals surface area contributed by atoms with E-state index >= 15 is 0 Å². The van der Waals surface area contributed by atoms with E-state index in [2.05, 4.69) is 53.3 Å². The van der Waals surface area contributed by atoms with Crippen LogP contribution in [0.4, 0.5) is 0 Å². The molecule has 0 spiro atoms. The molecule has 3 N–H and O–H groups in total. The van der Waals surface area contributed by atoms with Gasteiger partial charge in [-0.05, 0) is 22.8 Å². The van der Waals surface area contributed by atoms with Crippen LogP contribution in [0.2, 0.25) is 0 Å². The fraction of sp³-hybridized carbons (Fsp3) is 0.250. The van der Waals surface area contributed by atoms with Crippen molar-refractivity contribution in [2.24, 2.45) is 5.73 Å². The van der Waals surface area contributed by atoms with Crippen molar-refractivity contribution in [3.05, 3.63) is 48.3 Å². The van der Waals surface area contributed by atoms with Crippen LogP contribution in [0.15, 0.2) is 42.7 Å². The average Bonchev–Trinajstić information content (AvgIpc) is 2.95. The lowest BCUT2D eigenvalue weighted by molar-refractivity contribution is 0.539. The number of rotatable bonds is 3. The zero-order valence-electron chi connectivity index (χ0n) is 11.7. The predicted molar refractivity (Wildman–Crippen MR) is 81.4 cm³/mol. The number of fused-ring (bicyclic) bond motifs is 1. The minimum absolute atomic E-state index is 0.0292. The molecule has 1 aromatic carbocycles. The van der Waals surface area contributed by atoms with E-state index < -0.39 is 0 Å². The lowest BCUT2D eigenvalue weighted by Gasteiger charge is -2.23. The summed E-state index contributed by atoms with van der Waals surface area (Å²) < 4.78 is 0. The van der Waals surface area contributed by atoms with Crippen molar-refractivity contribution in [1.29, 1.82) is 0 Å². The lowest BCUT2D eigenvalue weighted by atomic mass is 9.83. The van der Waals surface area contributed by atoms with Crippen molar-refractivity contribution in [3.8, 4) is 11.1 Å². The maximum Gasteiger partial charge on any atom is 0.155 e. The molecule has 3 rings (SSSR count). The second kappa shape index (κ2) is 4.72. The van der Waals surface area contributed by atoms with Gasteiger partial charge < -0.3 is 5.73 Å². The first-order valence-corrected chi connectivity index (χ1v) is 6.71. The maximum absolute atomic E-state index is 5.88. The Morgan fingerprint density at radius 1 is 1.25 bits per heavy atom. The summed E-state index contributed by atoms with van der Waals surface area (Å²) in [5.41, 5.74) is 10.2. The molecule has 0 aliphatic carbocycles. The Morgan fingerprint density at radius 2 is 2.10 bits per heavy atom. The summed E-state index contributed by atoms with van der Waals surface area (Å²) in [6, 6.07) is 10.5. The largest absolute Gasteiger partial charge is 0.330 e. The van der Waals surface area contributed by atoms with Crippen LogP contribution >= 0.6 is 0 Å². The Kier molecular flexibility index (Phi) is 3.03. The molecule has 102 valence electrons. The second-order valence-electron chi connectivity index (χ2n) is 5.66. The third kappa shape index (κ3) is 2.08. The zero-order chi connectivity index (χ0) is 14.2. The van der Waals surface area contributed by atoms with Gasteiger partial charge in [-0.1, -0.05) is 38.1 Å². The summed E-state index contributed by atoms with van der Waals surface area (Å²) in [4.78, 5) is 4.28. The number of benzene rings is 1. The van der Waals surface area contributed by atoms with Gasteiger partial charge in [-0.3, -0.25) is 5.10 Å². The Hall–Kier alpha value is -2.20. The van der Waals surface area contributed by atoms with E-state index in [-0.39, 0.29) is 5.41 Å². The van der Waals surface area contributed by atoms with Gasteiger partial charge in [0, 0.05) is 23.5 Å². The minimum Gasteiger partial charge on any atom is -0.330 e. The van der Waals surface area contributed by atoms with Crippen LogP contribution in [-0.2, 0) is 5.41 Å². The first-order valence-electron chi connectivity index (χ1n) is 6.71. The summed E-state index contributed by atoms with van der Waals surface area (Å²) in [7, 11) is 0. The fourth-order valence-corrected chi connectivity index (χ4v) is 2.33.